The summed E-state index contributed by atoms with van der Waals surface area (Å²) >= 11 is 0. The molecule has 1 aliphatic heterocycles. The van der Waals surface area contributed by atoms with Gasteiger partial charge in [-0.05, 0) is 29.8 Å². The third kappa shape index (κ3) is 2.83. The van der Waals surface area contributed by atoms with E-state index in [4.69, 9.17) is 4.42 Å². The van der Waals surface area contributed by atoms with Crippen LogP contribution >= 0.6 is 0 Å². The van der Waals surface area contributed by atoms with Crippen molar-refractivity contribution in [2.75, 3.05) is 6.54 Å². The van der Waals surface area contributed by atoms with E-state index in [1.165, 1.54) is 6.07 Å². The summed E-state index contributed by atoms with van der Waals surface area (Å²) in [5.41, 5.74) is 3.13. The summed E-state index contributed by atoms with van der Waals surface area (Å²) in [7, 11) is 0. The standard InChI is InChI=1S/C18H17N3O3/c22-15-4-3-12(8-16(15)23)10-21-6-5-14-13(11-21)9-19-18(20-14)17-2-1-7-24-17/h1-4,7-9,22-23H,5-6,10-11H2. The molecule has 0 amide bonds. The van der Waals surface area contributed by atoms with Gasteiger partial charge in [0.25, 0.3) is 0 Å². The van der Waals surface area contributed by atoms with Gasteiger partial charge in [-0.2, -0.15) is 0 Å². The Balaban J connectivity index is 1.50. The van der Waals surface area contributed by atoms with Crippen LogP contribution in [0.2, 0.25) is 0 Å². The Kier molecular flexibility index (Phi) is 3.66. The van der Waals surface area contributed by atoms with Gasteiger partial charge in [0.05, 0.1) is 12.0 Å². The van der Waals surface area contributed by atoms with E-state index in [0.717, 1.165) is 36.3 Å². The molecule has 122 valence electrons. The van der Waals surface area contributed by atoms with Gasteiger partial charge in [-0.15, -0.1) is 0 Å². The summed E-state index contributed by atoms with van der Waals surface area (Å²) < 4.78 is 5.35. The monoisotopic (exact) mass is 323 g/mol. The molecule has 1 aromatic carbocycles. The van der Waals surface area contributed by atoms with Gasteiger partial charge in [0.15, 0.2) is 23.1 Å². The van der Waals surface area contributed by atoms with Gasteiger partial charge < -0.3 is 14.6 Å². The Morgan fingerprint density at radius 2 is 2.08 bits per heavy atom. The highest BCUT2D eigenvalue weighted by Crippen LogP contribution is 2.27. The molecule has 6 nitrogen and oxygen atoms in total. The Hall–Kier alpha value is -2.86. The van der Waals surface area contributed by atoms with Crippen LogP contribution in [0, 0.1) is 0 Å². The van der Waals surface area contributed by atoms with E-state index in [1.807, 2.05) is 24.4 Å². The van der Waals surface area contributed by atoms with Crippen molar-refractivity contribution in [3.63, 3.8) is 0 Å². The summed E-state index contributed by atoms with van der Waals surface area (Å²) in [6.45, 7) is 2.34. The molecule has 2 aromatic heterocycles. The normalized spacial score (nSPS) is 14.5. The van der Waals surface area contributed by atoms with Crippen LogP contribution in [0.4, 0.5) is 0 Å². The van der Waals surface area contributed by atoms with Crippen LogP contribution in [-0.4, -0.2) is 31.6 Å². The van der Waals surface area contributed by atoms with Crippen molar-refractivity contribution in [3.8, 4) is 23.1 Å². The maximum Gasteiger partial charge on any atom is 0.195 e. The zero-order valence-corrected chi connectivity index (χ0v) is 13.0. The fourth-order valence-corrected chi connectivity index (χ4v) is 2.96. The quantitative estimate of drug-likeness (QED) is 0.721. The Bertz CT molecular complexity index is 862. The molecule has 0 unspecified atom stereocenters. The molecule has 24 heavy (non-hydrogen) atoms. The third-order valence-corrected chi connectivity index (χ3v) is 4.20. The number of phenols is 2. The maximum absolute atomic E-state index is 9.61. The second kappa shape index (κ2) is 5.98. The lowest BCUT2D eigenvalue weighted by Gasteiger charge is -2.28. The molecular formula is C18H17N3O3. The lowest BCUT2D eigenvalue weighted by molar-refractivity contribution is 0.242. The predicted octanol–water partition coefficient (Wildman–Crippen LogP) is 2.71. The first kappa shape index (κ1) is 14.7. The van der Waals surface area contributed by atoms with E-state index in [1.54, 1.807) is 12.3 Å². The van der Waals surface area contributed by atoms with Crippen LogP contribution in [0.25, 0.3) is 11.6 Å². The molecule has 0 spiro atoms. The summed E-state index contributed by atoms with van der Waals surface area (Å²) in [6.07, 6.45) is 4.32. The minimum atomic E-state index is -0.0957. The molecule has 0 bridgehead atoms. The van der Waals surface area contributed by atoms with Gasteiger partial charge >= 0.3 is 0 Å². The van der Waals surface area contributed by atoms with Crippen molar-refractivity contribution >= 4 is 0 Å². The van der Waals surface area contributed by atoms with Gasteiger partial charge in [0, 0.05) is 37.8 Å². The summed E-state index contributed by atoms with van der Waals surface area (Å²) in [4.78, 5) is 11.3. The fraction of sp³-hybridized carbons (Fsp3) is 0.222. The van der Waals surface area contributed by atoms with Crippen LogP contribution in [0.5, 0.6) is 11.5 Å². The van der Waals surface area contributed by atoms with Gasteiger partial charge in [-0.1, -0.05) is 6.07 Å². The van der Waals surface area contributed by atoms with Crippen molar-refractivity contribution in [2.24, 2.45) is 0 Å². The lowest BCUT2D eigenvalue weighted by atomic mass is 10.1. The SMILES string of the molecule is Oc1ccc(CN2CCc3nc(-c4ccco4)ncc3C2)cc1O. The van der Waals surface area contributed by atoms with E-state index >= 15 is 0 Å². The number of rotatable bonds is 3. The second-order valence-corrected chi connectivity index (χ2v) is 5.93. The van der Waals surface area contributed by atoms with Gasteiger partial charge in [0.1, 0.15) is 0 Å². The highest BCUT2D eigenvalue weighted by Gasteiger charge is 2.19. The molecule has 1 aliphatic rings. The molecule has 0 aliphatic carbocycles. The average molecular weight is 323 g/mol. The molecule has 2 N–H and O–H groups in total. The highest BCUT2D eigenvalue weighted by molar-refractivity contribution is 5.47. The highest BCUT2D eigenvalue weighted by atomic mass is 16.3. The van der Waals surface area contributed by atoms with Crippen molar-refractivity contribution in [1.29, 1.82) is 0 Å². The van der Waals surface area contributed by atoms with E-state index < -0.39 is 0 Å². The number of furan rings is 1. The molecular weight excluding hydrogens is 306 g/mol. The van der Waals surface area contributed by atoms with Crippen LogP contribution < -0.4 is 0 Å². The van der Waals surface area contributed by atoms with Crippen molar-refractivity contribution in [1.82, 2.24) is 14.9 Å². The minimum absolute atomic E-state index is 0.0867. The Morgan fingerprint density at radius 1 is 1.17 bits per heavy atom. The molecule has 0 atom stereocenters. The molecule has 0 fully saturated rings. The van der Waals surface area contributed by atoms with E-state index in [0.29, 0.717) is 18.1 Å². The maximum atomic E-state index is 9.61. The largest absolute Gasteiger partial charge is 0.504 e. The van der Waals surface area contributed by atoms with Gasteiger partial charge in [0.2, 0.25) is 0 Å². The molecule has 0 saturated carbocycles. The fourth-order valence-electron chi connectivity index (χ4n) is 2.96. The van der Waals surface area contributed by atoms with Crippen molar-refractivity contribution in [2.45, 2.75) is 19.5 Å². The molecule has 0 saturated heterocycles. The molecule has 6 heteroatoms. The summed E-state index contributed by atoms with van der Waals surface area (Å²) in [6, 6.07) is 8.62. The van der Waals surface area contributed by atoms with Crippen LogP contribution in [0.1, 0.15) is 16.8 Å². The number of aromatic hydroxyl groups is 2. The van der Waals surface area contributed by atoms with Crippen molar-refractivity contribution in [3.05, 3.63) is 59.6 Å². The number of fused-ring (bicyclic) bond motifs is 1. The second-order valence-electron chi connectivity index (χ2n) is 5.93. The molecule has 3 heterocycles. The number of benzene rings is 1. The smallest absolute Gasteiger partial charge is 0.195 e. The number of nitrogens with zero attached hydrogens (tertiary/aromatic N) is 3. The number of hydrogen-bond donors (Lipinski definition) is 2. The zero-order valence-electron chi connectivity index (χ0n) is 13.0. The first-order valence-electron chi connectivity index (χ1n) is 7.81. The van der Waals surface area contributed by atoms with Crippen LogP contribution in [0.3, 0.4) is 0 Å². The molecule has 3 aromatic rings. The lowest BCUT2D eigenvalue weighted by Crippen LogP contribution is -2.30. The number of aromatic nitrogens is 2. The predicted molar refractivity (Wildman–Crippen MR) is 87.3 cm³/mol. The van der Waals surface area contributed by atoms with E-state index in [9.17, 15) is 10.2 Å². The first-order valence-corrected chi connectivity index (χ1v) is 7.81. The average Bonchev–Trinajstić information content (AvgIpc) is 3.12. The van der Waals surface area contributed by atoms with Gasteiger partial charge in [-0.3, -0.25) is 4.90 Å². The Labute approximate surface area is 139 Å². The van der Waals surface area contributed by atoms with Gasteiger partial charge in [-0.25, -0.2) is 9.97 Å². The first-order chi connectivity index (χ1) is 11.7. The van der Waals surface area contributed by atoms with E-state index in [2.05, 4.69) is 14.9 Å². The summed E-state index contributed by atoms with van der Waals surface area (Å²) in [5, 5.41) is 19.0. The minimum Gasteiger partial charge on any atom is -0.504 e. The van der Waals surface area contributed by atoms with E-state index in [-0.39, 0.29) is 11.5 Å². The zero-order chi connectivity index (χ0) is 16.5. The van der Waals surface area contributed by atoms with Crippen molar-refractivity contribution < 1.29 is 14.6 Å². The van der Waals surface area contributed by atoms with Crippen LogP contribution in [0.15, 0.2) is 47.2 Å². The molecule has 4 rings (SSSR count). The molecule has 0 radical (unpaired) electrons. The summed E-state index contributed by atoms with van der Waals surface area (Å²) in [5.74, 6) is 1.12. The topological polar surface area (TPSA) is 82.6 Å². The van der Waals surface area contributed by atoms with Crippen LogP contribution in [-0.2, 0) is 19.5 Å². The third-order valence-electron chi connectivity index (χ3n) is 4.20. The number of phenolic OH excluding ortho intramolecular Hbond substituents is 2. The Morgan fingerprint density at radius 3 is 2.88 bits per heavy atom. The number of hydrogen-bond acceptors (Lipinski definition) is 6.